The summed E-state index contributed by atoms with van der Waals surface area (Å²) in [6.45, 7) is -0.400. The summed E-state index contributed by atoms with van der Waals surface area (Å²) < 4.78 is 15.7. The molecule has 1 fully saturated rings. The van der Waals surface area contributed by atoms with Crippen LogP contribution in [0.4, 0.5) is 0 Å². The molecule has 24 heavy (non-hydrogen) atoms. The molecule has 0 saturated carbocycles. The molecule has 0 radical (unpaired) electrons. The maximum Gasteiger partial charge on any atom is 0.466 e. The molecule has 4 atom stereocenters. The molecule has 8 N–H and O–H groups in total. The Morgan fingerprint density at radius 2 is 1.92 bits per heavy atom. The van der Waals surface area contributed by atoms with Crippen molar-refractivity contribution in [3.8, 4) is 0 Å². The van der Waals surface area contributed by atoms with Crippen molar-refractivity contribution in [3.63, 3.8) is 0 Å². The molecule has 0 bridgehead atoms. The van der Waals surface area contributed by atoms with E-state index in [0.717, 1.165) is 0 Å². The van der Waals surface area contributed by atoms with E-state index in [1.807, 2.05) is 0 Å². The highest BCUT2D eigenvalue weighted by Gasteiger charge is 2.43. The molecule has 14 heteroatoms. The van der Waals surface area contributed by atoms with Crippen molar-refractivity contribution < 1.29 is 39.3 Å². The third kappa shape index (κ3) is 4.03. The molecule has 0 aliphatic carbocycles. The quantitative estimate of drug-likeness (QED) is 0.251. The van der Waals surface area contributed by atoms with Gasteiger partial charge in [0, 0.05) is 0 Å². The van der Waals surface area contributed by atoms with Gasteiger partial charge in [0.2, 0.25) is 0 Å². The van der Waals surface area contributed by atoms with Gasteiger partial charge in [0.25, 0.3) is 0 Å². The Morgan fingerprint density at radius 3 is 2.46 bits per heavy atom. The van der Waals surface area contributed by atoms with Crippen molar-refractivity contribution in [2.24, 2.45) is 0 Å². The van der Waals surface area contributed by atoms with Crippen molar-refractivity contribution in [1.82, 2.24) is 19.5 Å². The molecule has 2 aromatic heterocycles. The van der Waals surface area contributed by atoms with E-state index >= 15 is 0 Å². The maximum absolute atomic E-state index is 9.96. The van der Waals surface area contributed by atoms with Crippen molar-refractivity contribution >= 4 is 19.0 Å². The molecule has 3 rings (SSSR count). The van der Waals surface area contributed by atoms with Crippen LogP contribution in [0.25, 0.3) is 11.2 Å². The molecule has 0 aromatic carbocycles. The van der Waals surface area contributed by atoms with Gasteiger partial charge in [-0.15, -0.1) is 0 Å². The molecular formula is C10H16N5O8P. The standard InChI is InChI=1S/C10H13N5O4.H3O4P/c11-8-5-9(13-2-12-5)15(3-14-8)10-7(18)6(17)4(1-16)19-10;1-5(2,3)4/h2-4,6-7,10-11,16-18H,1H2,(H,12,13);(H3,1,2,3,4)/t4-,6-,7+,10?;/m1./s1. The maximum atomic E-state index is 9.96. The number of fused-ring (bicyclic) bond motifs is 1. The van der Waals surface area contributed by atoms with Crippen LogP contribution < -0.4 is 5.49 Å². The van der Waals surface area contributed by atoms with Gasteiger partial charge >= 0.3 is 7.82 Å². The van der Waals surface area contributed by atoms with E-state index in [9.17, 15) is 10.2 Å². The summed E-state index contributed by atoms with van der Waals surface area (Å²) in [5.74, 6) is 0. The molecule has 0 amide bonds. The minimum atomic E-state index is -4.64. The van der Waals surface area contributed by atoms with Crippen LogP contribution in [0.3, 0.4) is 0 Å². The number of nitrogens with one attached hydrogen (secondary N) is 2. The lowest BCUT2D eigenvalue weighted by molar-refractivity contribution is -0.0515. The molecular weight excluding hydrogens is 349 g/mol. The van der Waals surface area contributed by atoms with Crippen LogP contribution >= 0.6 is 7.82 Å². The highest BCUT2D eigenvalue weighted by Crippen LogP contribution is 2.30. The fourth-order valence-electron chi connectivity index (χ4n) is 2.19. The zero-order valence-corrected chi connectivity index (χ0v) is 12.9. The number of rotatable bonds is 2. The predicted octanol–water partition coefficient (Wildman–Crippen LogP) is -3.08. The lowest BCUT2D eigenvalue weighted by Gasteiger charge is -2.18. The number of aromatic nitrogens is 4. The average Bonchev–Trinajstić information content (AvgIpc) is 3.06. The molecule has 13 nitrogen and oxygen atoms in total. The second-order valence-corrected chi connectivity index (χ2v) is 5.87. The first-order valence-electron chi connectivity index (χ1n) is 6.49. The Bertz CT molecular complexity index is 794. The molecule has 1 aliphatic rings. The first-order chi connectivity index (χ1) is 11.1. The SMILES string of the molecule is N=c1ncn(C2O[C@H](CO)[C@@H](O)[C@@H]2O)c2nc[nH]c12.O=P(O)(O)O. The number of hydrogen-bond acceptors (Lipinski definition) is 8. The number of aromatic amines is 1. The summed E-state index contributed by atoms with van der Waals surface area (Å²) in [7, 11) is -4.64. The summed E-state index contributed by atoms with van der Waals surface area (Å²) >= 11 is 0. The van der Waals surface area contributed by atoms with Crippen molar-refractivity contribution in [1.29, 1.82) is 5.41 Å². The Hall–Kier alpha value is -1.70. The third-order valence-corrected chi connectivity index (χ3v) is 3.20. The second-order valence-electron chi connectivity index (χ2n) is 4.84. The van der Waals surface area contributed by atoms with E-state index in [1.165, 1.54) is 17.2 Å². The summed E-state index contributed by atoms with van der Waals surface area (Å²) in [6.07, 6.45) is -1.45. The fourth-order valence-corrected chi connectivity index (χ4v) is 2.19. The van der Waals surface area contributed by atoms with Gasteiger partial charge in [-0.25, -0.2) is 14.5 Å². The Morgan fingerprint density at radius 1 is 1.29 bits per heavy atom. The van der Waals surface area contributed by atoms with E-state index in [0.29, 0.717) is 11.2 Å². The third-order valence-electron chi connectivity index (χ3n) is 3.20. The van der Waals surface area contributed by atoms with Crippen LogP contribution in [0, 0.1) is 5.41 Å². The first-order valence-corrected chi connectivity index (χ1v) is 8.05. The Labute approximate surface area is 133 Å². The number of H-pyrrole nitrogens is 1. The zero-order valence-electron chi connectivity index (χ0n) is 12.0. The number of hydrogen-bond donors (Lipinski definition) is 8. The van der Waals surface area contributed by atoms with Crippen LogP contribution in [-0.2, 0) is 9.30 Å². The largest absolute Gasteiger partial charge is 0.466 e. The zero-order chi connectivity index (χ0) is 18.1. The first kappa shape index (κ1) is 18.6. The van der Waals surface area contributed by atoms with E-state index < -0.39 is 39.0 Å². The minimum absolute atomic E-state index is 0.0236. The van der Waals surface area contributed by atoms with Crippen molar-refractivity contribution in [3.05, 3.63) is 18.1 Å². The van der Waals surface area contributed by atoms with E-state index in [-0.39, 0.29) is 5.49 Å². The van der Waals surface area contributed by atoms with Gasteiger partial charge in [0.05, 0.1) is 12.9 Å². The average molecular weight is 365 g/mol. The Balaban J connectivity index is 0.000000368. The molecule has 2 aromatic rings. The number of ether oxygens (including phenoxy) is 1. The van der Waals surface area contributed by atoms with Gasteiger partial charge in [-0.05, 0) is 0 Å². The highest BCUT2D eigenvalue weighted by atomic mass is 31.2. The van der Waals surface area contributed by atoms with Crippen LogP contribution in [0.1, 0.15) is 6.23 Å². The van der Waals surface area contributed by atoms with E-state index in [4.69, 9.17) is 34.5 Å². The van der Waals surface area contributed by atoms with Gasteiger partial charge in [-0.3, -0.25) is 9.98 Å². The molecule has 1 aliphatic heterocycles. The van der Waals surface area contributed by atoms with Gasteiger partial charge < -0.3 is 39.7 Å². The highest BCUT2D eigenvalue weighted by molar-refractivity contribution is 7.45. The van der Waals surface area contributed by atoms with Crippen molar-refractivity contribution in [2.75, 3.05) is 6.61 Å². The van der Waals surface area contributed by atoms with E-state index in [1.54, 1.807) is 0 Å². The number of nitrogens with zero attached hydrogens (tertiary/aromatic N) is 3. The minimum Gasteiger partial charge on any atom is -0.394 e. The molecule has 134 valence electrons. The molecule has 1 unspecified atom stereocenters. The lowest BCUT2D eigenvalue weighted by atomic mass is 10.1. The topological polar surface area (TPSA) is 218 Å². The second kappa shape index (κ2) is 7.04. The number of aliphatic hydroxyl groups excluding tert-OH is 3. The van der Waals surface area contributed by atoms with Gasteiger partial charge in [0.1, 0.15) is 30.2 Å². The van der Waals surface area contributed by atoms with Gasteiger partial charge in [0.15, 0.2) is 17.4 Å². The number of phosphoric acid groups is 1. The van der Waals surface area contributed by atoms with Crippen molar-refractivity contribution in [2.45, 2.75) is 24.5 Å². The number of aliphatic hydroxyl groups is 3. The van der Waals surface area contributed by atoms with E-state index in [2.05, 4.69) is 15.0 Å². The molecule has 3 heterocycles. The van der Waals surface area contributed by atoms with Crippen LogP contribution in [0.5, 0.6) is 0 Å². The van der Waals surface area contributed by atoms with Crippen LogP contribution in [-0.4, -0.2) is 74.4 Å². The summed E-state index contributed by atoms with van der Waals surface area (Å²) in [6, 6.07) is 0. The van der Waals surface area contributed by atoms with Gasteiger partial charge in [-0.2, -0.15) is 0 Å². The summed E-state index contributed by atoms with van der Waals surface area (Å²) in [4.78, 5) is 32.2. The summed E-state index contributed by atoms with van der Waals surface area (Å²) in [5.41, 5.74) is 0.811. The summed E-state index contributed by atoms with van der Waals surface area (Å²) in [5, 5.41) is 36.4. The predicted molar refractivity (Wildman–Crippen MR) is 75.0 cm³/mol. The molecule has 0 spiro atoms. The fraction of sp³-hybridized carbons (Fsp3) is 0.500. The van der Waals surface area contributed by atoms with Gasteiger partial charge in [-0.1, -0.05) is 0 Å². The van der Waals surface area contributed by atoms with Crippen LogP contribution in [0.15, 0.2) is 12.7 Å². The Kier molecular flexibility index (Phi) is 5.47. The molecule has 1 saturated heterocycles. The normalized spacial score (nSPS) is 27.1. The number of imidazole rings is 1. The monoisotopic (exact) mass is 365 g/mol. The smallest absolute Gasteiger partial charge is 0.394 e. The lowest BCUT2D eigenvalue weighted by Crippen LogP contribution is -2.33. The van der Waals surface area contributed by atoms with Crippen LogP contribution in [0.2, 0.25) is 0 Å².